The van der Waals surface area contributed by atoms with Gasteiger partial charge in [0.25, 0.3) is 0 Å². The number of thioether (sulfide) groups is 1. The van der Waals surface area contributed by atoms with E-state index in [1.54, 1.807) is 12.1 Å². The van der Waals surface area contributed by atoms with Gasteiger partial charge in [0.05, 0.1) is 18.0 Å². The number of anilines is 1. The summed E-state index contributed by atoms with van der Waals surface area (Å²) in [6.07, 6.45) is 0.463. The number of carbonyl (C=O) groups is 3. The van der Waals surface area contributed by atoms with E-state index in [1.165, 1.54) is 11.8 Å². The Balaban J connectivity index is 1.53. The largest absolute Gasteiger partial charge is 0.492 e. The molecule has 1 unspecified atom stereocenters. The predicted octanol–water partition coefficient (Wildman–Crippen LogP) is 2.85. The summed E-state index contributed by atoms with van der Waals surface area (Å²) in [4.78, 5) is 36.2. The molecule has 0 radical (unpaired) electrons. The maximum Gasteiger partial charge on any atom is 0.321 e. The molecule has 2 heterocycles. The van der Waals surface area contributed by atoms with Crippen LogP contribution in [0.4, 0.5) is 10.5 Å². The molecule has 3 N–H and O–H groups in total. The van der Waals surface area contributed by atoms with Crippen LogP contribution in [0.3, 0.4) is 0 Å². The van der Waals surface area contributed by atoms with Gasteiger partial charge in [-0.1, -0.05) is 36.0 Å². The summed E-state index contributed by atoms with van der Waals surface area (Å²) < 4.78 is 7.43. The first kappa shape index (κ1) is 24.3. The number of amides is 4. The van der Waals surface area contributed by atoms with Gasteiger partial charge in [0, 0.05) is 24.6 Å². The van der Waals surface area contributed by atoms with E-state index >= 15 is 0 Å². The molecule has 0 saturated carbocycles. The molecule has 182 valence electrons. The quantitative estimate of drug-likeness (QED) is 0.390. The van der Waals surface area contributed by atoms with Crippen molar-refractivity contribution in [3.05, 3.63) is 59.9 Å². The highest BCUT2D eigenvalue weighted by Gasteiger charge is 2.27. The number of benzene rings is 2. The molecule has 4 rings (SSSR count). The van der Waals surface area contributed by atoms with Crippen molar-refractivity contribution in [2.45, 2.75) is 37.9 Å². The van der Waals surface area contributed by atoms with Crippen LogP contribution in [0.15, 0.2) is 53.7 Å². The Kier molecular flexibility index (Phi) is 7.66. The van der Waals surface area contributed by atoms with Crippen LogP contribution in [0.2, 0.25) is 0 Å². The van der Waals surface area contributed by atoms with Gasteiger partial charge >= 0.3 is 6.03 Å². The Morgan fingerprint density at radius 2 is 2.03 bits per heavy atom. The number of nitrogens with one attached hydrogen (secondary N) is 3. The molecule has 1 saturated heterocycles. The molecule has 2 aromatic carbocycles. The molecule has 35 heavy (non-hydrogen) atoms. The van der Waals surface area contributed by atoms with Crippen molar-refractivity contribution in [1.29, 1.82) is 0 Å². The minimum atomic E-state index is -0.522. The molecule has 11 heteroatoms. The topological polar surface area (TPSA) is 127 Å². The average molecular weight is 495 g/mol. The Morgan fingerprint density at radius 1 is 1.20 bits per heavy atom. The summed E-state index contributed by atoms with van der Waals surface area (Å²) in [6.45, 7) is 4.36. The van der Waals surface area contributed by atoms with Gasteiger partial charge < -0.3 is 15.4 Å². The van der Waals surface area contributed by atoms with E-state index in [0.29, 0.717) is 35.4 Å². The van der Waals surface area contributed by atoms with Crippen LogP contribution < -0.4 is 20.7 Å². The third-order valence-corrected chi connectivity index (χ3v) is 6.13. The van der Waals surface area contributed by atoms with Crippen molar-refractivity contribution in [3.8, 4) is 11.4 Å². The second-order valence-electron chi connectivity index (χ2n) is 7.97. The van der Waals surface area contributed by atoms with E-state index in [2.05, 4.69) is 26.1 Å². The van der Waals surface area contributed by atoms with Crippen LogP contribution in [0.25, 0.3) is 5.69 Å². The zero-order valence-electron chi connectivity index (χ0n) is 19.4. The van der Waals surface area contributed by atoms with E-state index in [4.69, 9.17) is 4.74 Å². The highest BCUT2D eigenvalue weighted by molar-refractivity contribution is 7.99. The van der Waals surface area contributed by atoms with E-state index in [1.807, 2.05) is 54.8 Å². The minimum Gasteiger partial charge on any atom is -0.492 e. The van der Waals surface area contributed by atoms with Crippen molar-refractivity contribution in [2.24, 2.45) is 0 Å². The molecule has 0 aliphatic carbocycles. The second-order valence-corrected chi connectivity index (χ2v) is 8.91. The van der Waals surface area contributed by atoms with E-state index in [0.717, 1.165) is 11.3 Å². The Hall–Kier alpha value is -3.86. The van der Waals surface area contributed by atoms with E-state index in [-0.39, 0.29) is 24.0 Å². The third-order valence-electron chi connectivity index (χ3n) is 5.20. The third kappa shape index (κ3) is 6.18. The monoisotopic (exact) mass is 494 g/mol. The van der Waals surface area contributed by atoms with Gasteiger partial charge in [0.2, 0.25) is 11.8 Å². The molecule has 1 aromatic heterocycles. The van der Waals surface area contributed by atoms with Crippen molar-refractivity contribution >= 4 is 35.3 Å². The first-order valence-corrected chi connectivity index (χ1v) is 12.2. The zero-order chi connectivity index (χ0) is 24.8. The molecule has 4 amide bonds. The molecule has 0 spiro atoms. The fraction of sp³-hybridized carbons (Fsp3) is 0.292. The zero-order valence-corrected chi connectivity index (χ0v) is 20.2. The standard InChI is InChI=1S/C24H26N6O4S/c1-3-34-19-10-5-4-9-18(19)26-22(32)14-35-24-29-28-20(12-16-13-21(31)27-23(33)25-16)30(24)17-8-6-7-15(2)11-17/h4-11,16H,3,12-14H2,1-2H3,(H,26,32)(H2,25,27,31,33). The predicted molar refractivity (Wildman–Crippen MR) is 132 cm³/mol. The molecule has 0 bridgehead atoms. The highest BCUT2D eigenvalue weighted by Crippen LogP contribution is 2.26. The number of ether oxygens (including phenoxy) is 1. The van der Waals surface area contributed by atoms with Crippen LogP contribution >= 0.6 is 11.8 Å². The van der Waals surface area contributed by atoms with Gasteiger partial charge in [-0.15, -0.1) is 10.2 Å². The lowest BCUT2D eigenvalue weighted by Gasteiger charge is -2.23. The molecular weight excluding hydrogens is 468 g/mol. The number of carbonyl (C=O) groups excluding carboxylic acids is 3. The second kappa shape index (κ2) is 11.0. The van der Waals surface area contributed by atoms with Gasteiger partial charge in [-0.3, -0.25) is 19.5 Å². The fourth-order valence-corrected chi connectivity index (χ4v) is 4.51. The number of imide groups is 1. The first-order valence-electron chi connectivity index (χ1n) is 11.2. The van der Waals surface area contributed by atoms with Crippen LogP contribution in [0.5, 0.6) is 5.75 Å². The summed E-state index contributed by atoms with van der Waals surface area (Å²) in [5.74, 6) is 0.752. The summed E-state index contributed by atoms with van der Waals surface area (Å²) in [5, 5.41) is 17.0. The Labute approximate surface area is 206 Å². The van der Waals surface area contributed by atoms with Gasteiger partial charge in [-0.25, -0.2) is 4.79 Å². The Morgan fingerprint density at radius 3 is 2.80 bits per heavy atom. The maximum atomic E-state index is 12.7. The van der Waals surface area contributed by atoms with Crippen molar-refractivity contribution in [1.82, 2.24) is 25.4 Å². The highest BCUT2D eigenvalue weighted by atomic mass is 32.2. The lowest BCUT2D eigenvalue weighted by Crippen LogP contribution is -2.53. The molecular formula is C24H26N6O4S. The van der Waals surface area contributed by atoms with Gasteiger partial charge in [-0.05, 0) is 43.7 Å². The van der Waals surface area contributed by atoms with Crippen molar-refractivity contribution < 1.29 is 19.1 Å². The van der Waals surface area contributed by atoms with Crippen LogP contribution in [-0.2, 0) is 16.0 Å². The number of nitrogens with zero attached hydrogens (tertiary/aromatic N) is 3. The number of urea groups is 1. The molecule has 3 aromatic rings. The number of aryl methyl sites for hydroxylation is 1. The molecule has 10 nitrogen and oxygen atoms in total. The molecule has 1 atom stereocenters. The fourth-order valence-electron chi connectivity index (χ4n) is 3.74. The minimum absolute atomic E-state index is 0.104. The Bertz CT molecular complexity index is 1230. The van der Waals surface area contributed by atoms with Crippen molar-refractivity contribution in [3.63, 3.8) is 0 Å². The SMILES string of the molecule is CCOc1ccccc1NC(=O)CSc1nnc(CC2CC(=O)NC(=O)N2)n1-c1cccc(C)c1. The number of para-hydroxylation sites is 2. The van der Waals surface area contributed by atoms with Gasteiger partial charge in [0.1, 0.15) is 11.6 Å². The van der Waals surface area contributed by atoms with E-state index in [9.17, 15) is 14.4 Å². The number of hydrogen-bond donors (Lipinski definition) is 3. The number of hydrogen-bond acceptors (Lipinski definition) is 7. The summed E-state index contributed by atoms with van der Waals surface area (Å²) >= 11 is 1.25. The van der Waals surface area contributed by atoms with Crippen LogP contribution in [-0.4, -0.2) is 51.0 Å². The maximum absolute atomic E-state index is 12.7. The first-order chi connectivity index (χ1) is 16.9. The lowest BCUT2D eigenvalue weighted by atomic mass is 10.1. The summed E-state index contributed by atoms with van der Waals surface area (Å²) in [5.41, 5.74) is 2.49. The molecule has 1 aliphatic rings. The number of aromatic nitrogens is 3. The van der Waals surface area contributed by atoms with E-state index < -0.39 is 12.1 Å². The smallest absolute Gasteiger partial charge is 0.321 e. The number of rotatable bonds is 9. The van der Waals surface area contributed by atoms with Crippen molar-refractivity contribution in [2.75, 3.05) is 17.7 Å². The van der Waals surface area contributed by atoms with Gasteiger partial charge in [-0.2, -0.15) is 0 Å². The van der Waals surface area contributed by atoms with Crippen LogP contribution in [0, 0.1) is 6.92 Å². The average Bonchev–Trinajstić information content (AvgIpc) is 3.21. The van der Waals surface area contributed by atoms with Crippen LogP contribution in [0.1, 0.15) is 24.7 Å². The van der Waals surface area contributed by atoms with Gasteiger partial charge in [0.15, 0.2) is 5.16 Å². The lowest BCUT2D eigenvalue weighted by molar-refractivity contribution is -0.121. The normalized spacial score (nSPS) is 15.3. The molecule has 1 fully saturated rings. The molecule has 1 aliphatic heterocycles. The summed E-state index contributed by atoms with van der Waals surface area (Å²) in [7, 11) is 0. The summed E-state index contributed by atoms with van der Waals surface area (Å²) in [6, 6.07) is 14.2.